The quantitative estimate of drug-likeness (QED) is 0.644. The molecular formula is C24H22ClN3O2. The van der Waals surface area contributed by atoms with E-state index in [9.17, 15) is 9.59 Å². The number of halogens is 1. The molecule has 0 radical (unpaired) electrons. The van der Waals surface area contributed by atoms with Crippen molar-refractivity contribution in [1.82, 2.24) is 9.88 Å². The van der Waals surface area contributed by atoms with E-state index in [0.717, 1.165) is 36.4 Å². The number of hydrogen-bond acceptors (Lipinski definition) is 3. The van der Waals surface area contributed by atoms with Gasteiger partial charge in [-0.05, 0) is 61.2 Å². The number of carbonyl (C=O) groups excluding carboxylic acids is 2. The summed E-state index contributed by atoms with van der Waals surface area (Å²) < 4.78 is 0. The zero-order valence-corrected chi connectivity index (χ0v) is 17.2. The van der Waals surface area contributed by atoms with Crippen molar-refractivity contribution < 1.29 is 9.59 Å². The molecule has 6 heteroatoms. The van der Waals surface area contributed by atoms with E-state index in [1.54, 1.807) is 42.6 Å². The van der Waals surface area contributed by atoms with Crippen LogP contribution in [0.25, 0.3) is 0 Å². The number of pyridine rings is 1. The maximum atomic E-state index is 13.2. The van der Waals surface area contributed by atoms with E-state index >= 15 is 0 Å². The first-order valence-corrected chi connectivity index (χ1v) is 10.4. The Morgan fingerprint density at radius 1 is 1.07 bits per heavy atom. The summed E-state index contributed by atoms with van der Waals surface area (Å²) in [5.41, 5.74) is 2.66. The van der Waals surface area contributed by atoms with E-state index in [4.69, 9.17) is 11.6 Å². The van der Waals surface area contributed by atoms with Crippen molar-refractivity contribution in [3.8, 4) is 0 Å². The van der Waals surface area contributed by atoms with Crippen molar-refractivity contribution in [2.24, 2.45) is 0 Å². The van der Waals surface area contributed by atoms with Crippen LogP contribution in [0.15, 0.2) is 73.1 Å². The van der Waals surface area contributed by atoms with Gasteiger partial charge in [-0.1, -0.05) is 35.9 Å². The van der Waals surface area contributed by atoms with Gasteiger partial charge in [0.1, 0.15) is 0 Å². The van der Waals surface area contributed by atoms with Gasteiger partial charge in [0.2, 0.25) is 0 Å². The first kappa shape index (κ1) is 20.1. The Morgan fingerprint density at radius 3 is 2.70 bits per heavy atom. The van der Waals surface area contributed by atoms with Crippen LogP contribution < -0.4 is 5.32 Å². The molecule has 0 saturated carbocycles. The Labute approximate surface area is 180 Å². The van der Waals surface area contributed by atoms with Crippen molar-refractivity contribution >= 4 is 29.1 Å². The number of rotatable bonds is 5. The standard InChI is InChI=1S/C24H22ClN3O2/c25-22-11-2-1-6-17(22)15-21-10-5-13-28(21)24(30)18-7-3-9-20(14-18)27-23(29)19-8-4-12-26-16-19/h1-4,6-9,11-12,14,16,21H,5,10,13,15H2,(H,27,29). The molecule has 4 rings (SSSR count). The topological polar surface area (TPSA) is 62.3 Å². The summed E-state index contributed by atoms with van der Waals surface area (Å²) >= 11 is 6.32. The van der Waals surface area contributed by atoms with Crippen LogP contribution >= 0.6 is 11.6 Å². The second kappa shape index (κ2) is 9.09. The predicted octanol–water partition coefficient (Wildman–Crippen LogP) is 4.83. The molecule has 1 atom stereocenters. The summed E-state index contributed by atoms with van der Waals surface area (Å²) in [4.78, 5) is 31.5. The van der Waals surface area contributed by atoms with E-state index in [0.29, 0.717) is 16.8 Å². The zero-order valence-electron chi connectivity index (χ0n) is 16.4. The fourth-order valence-electron chi connectivity index (χ4n) is 3.83. The summed E-state index contributed by atoms with van der Waals surface area (Å²) in [5, 5.41) is 3.57. The van der Waals surface area contributed by atoms with E-state index < -0.39 is 0 Å². The molecule has 1 N–H and O–H groups in total. The molecule has 0 aliphatic carbocycles. The maximum absolute atomic E-state index is 13.2. The second-order valence-electron chi connectivity index (χ2n) is 7.37. The third kappa shape index (κ3) is 4.52. The van der Waals surface area contributed by atoms with Gasteiger partial charge in [-0.25, -0.2) is 0 Å². The molecular weight excluding hydrogens is 398 g/mol. The van der Waals surface area contributed by atoms with Crippen LogP contribution in [-0.4, -0.2) is 34.3 Å². The molecule has 2 aromatic carbocycles. The summed E-state index contributed by atoms with van der Waals surface area (Å²) in [6, 6.07) is 18.4. The molecule has 1 saturated heterocycles. The van der Waals surface area contributed by atoms with Crippen LogP contribution in [0.2, 0.25) is 5.02 Å². The predicted molar refractivity (Wildman–Crippen MR) is 118 cm³/mol. The fraction of sp³-hybridized carbons (Fsp3) is 0.208. The number of likely N-dealkylation sites (tertiary alicyclic amines) is 1. The number of nitrogens with zero attached hydrogens (tertiary/aromatic N) is 2. The number of hydrogen-bond donors (Lipinski definition) is 1. The van der Waals surface area contributed by atoms with Gasteiger partial charge in [0.15, 0.2) is 0 Å². The van der Waals surface area contributed by atoms with Crippen LogP contribution in [0.4, 0.5) is 5.69 Å². The average Bonchev–Trinajstić information content (AvgIpc) is 3.24. The molecule has 1 aliphatic rings. The Balaban J connectivity index is 1.48. The maximum Gasteiger partial charge on any atom is 0.257 e. The van der Waals surface area contributed by atoms with Gasteiger partial charge in [-0.3, -0.25) is 14.6 Å². The van der Waals surface area contributed by atoms with Gasteiger partial charge in [0.25, 0.3) is 11.8 Å². The Bertz CT molecular complexity index is 1060. The number of anilines is 1. The Hall–Kier alpha value is -3.18. The molecule has 152 valence electrons. The molecule has 1 unspecified atom stereocenters. The van der Waals surface area contributed by atoms with Gasteiger partial charge < -0.3 is 10.2 Å². The number of benzene rings is 2. The first-order valence-electron chi connectivity index (χ1n) is 9.97. The van der Waals surface area contributed by atoms with Crippen molar-refractivity contribution in [3.05, 3.63) is 94.8 Å². The van der Waals surface area contributed by atoms with E-state index in [-0.39, 0.29) is 17.9 Å². The molecule has 1 fully saturated rings. The number of amides is 2. The molecule has 2 heterocycles. The molecule has 5 nitrogen and oxygen atoms in total. The minimum atomic E-state index is -0.259. The lowest BCUT2D eigenvalue weighted by molar-refractivity contribution is 0.0736. The van der Waals surface area contributed by atoms with Gasteiger partial charge in [-0.2, -0.15) is 0 Å². The summed E-state index contributed by atoms with van der Waals surface area (Å²) in [6.45, 7) is 0.722. The number of carbonyl (C=O) groups is 2. The first-order chi connectivity index (χ1) is 14.6. The molecule has 30 heavy (non-hydrogen) atoms. The lowest BCUT2D eigenvalue weighted by atomic mass is 10.0. The summed E-state index contributed by atoms with van der Waals surface area (Å²) in [6.07, 6.45) is 5.79. The number of aromatic nitrogens is 1. The van der Waals surface area contributed by atoms with E-state index in [2.05, 4.69) is 10.3 Å². The van der Waals surface area contributed by atoms with Crippen LogP contribution in [0, 0.1) is 0 Å². The average molecular weight is 420 g/mol. The van der Waals surface area contributed by atoms with E-state index in [1.165, 1.54) is 6.20 Å². The normalized spacial score (nSPS) is 15.8. The molecule has 1 aliphatic heterocycles. The third-order valence-corrected chi connectivity index (χ3v) is 5.71. The Kier molecular flexibility index (Phi) is 6.10. The van der Waals surface area contributed by atoms with Gasteiger partial charge in [-0.15, -0.1) is 0 Å². The van der Waals surface area contributed by atoms with Crippen molar-refractivity contribution in [3.63, 3.8) is 0 Å². The van der Waals surface area contributed by atoms with Crippen molar-refractivity contribution in [2.45, 2.75) is 25.3 Å². The third-order valence-electron chi connectivity index (χ3n) is 5.34. The van der Waals surface area contributed by atoms with Gasteiger partial charge in [0, 0.05) is 41.3 Å². The Morgan fingerprint density at radius 2 is 1.90 bits per heavy atom. The molecule has 1 aromatic heterocycles. The number of nitrogens with one attached hydrogen (secondary N) is 1. The fourth-order valence-corrected chi connectivity index (χ4v) is 4.04. The van der Waals surface area contributed by atoms with Crippen molar-refractivity contribution in [2.75, 3.05) is 11.9 Å². The highest BCUT2D eigenvalue weighted by Crippen LogP contribution is 2.27. The largest absolute Gasteiger partial charge is 0.335 e. The molecule has 2 amide bonds. The van der Waals surface area contributed by atoms with Crippen LogP contribution in [-0.2, 0) is 6.42 Å². The summed E-state index contributed by atoms with van der Waals surface area (Å²) in [7, 11) is 0. The van der Waals surface area contributed by atoms with E-state index in [1.807, 2.05) is 29.2 Å². The van der Waals surface area contributed by atoms with Crippen LogP contribution in [0.3, 0.4) is 0 Å². The van der Waals surface area contributed by atoms with Crippen molar-refractivity contribution in [1.29, 1.82) is 0 Å². The zero-order chi connectivity index (χ0) is 20.9. The smallest absolute Gasteiger partial charge is 0.257 e. The van der Waals surface area contributed by atoms with Gasteiger partial charge in [0.05, 0.1) is 5.56 Å². The highest BCUT2D eigenvalue weighted by molar-refractivity contribution is 6.31. The monoisotopic (exact) mass is 419 g/mol. The highest BCUT2D eigenvalue weighted by atomic mass is 35.5. The lowest BCUT2D eigenvalue weighted by Gasteiger charge is -2.25. The van der Waals surface area contributed by atoms with Crippen LogP contribution in [0.1, 0.15) is 39.1 Å². The van der Waals surface area contributed by atoms with Gasteiger partial charge >= 0.3 is 0 Å². The minimum Gasteiger partial charge on any atom is -0.335 e. The second-order valence-corrected chi connectivity index (χ2v) is 7.77. The lowest BCUT2D eigenvalue weighted by Crippen LogP contribution is -2.36. The highest BCUT2D eigenvalue weighted by Gasteiger charge is 2.30. The SMILES string of the molecule is O=C(Nc1cccc(C(=O)N2CCCC2Cc2ccccc2Cl)c1)c1cccnc1. The molecule has 0 spiro atoms. The molecule has 3 aromatic rings. The molecule has 0 bridgehead atoms. The van der Waals surface area contributed by atoms with Crippen LogP contribution in [0.5, 0.6) is 0 Å². The minimum absolute atomic E-state index is 0.0259. The summed E-state index contributed by atoms with van der Waals surface area (Å²) in [5.74, 6) is -0.285.